The van der Waals surface area contributed by atoms with Gasteiger partial charge in [0.15, 0.2) is 0 Å². The summed E-state index contributed by atoms with van der Waals surface area (Å²) in [6, 6.07) is 0. The van der Waals surface area contributed by atoms with Gasteiger partial charge >= 0.3 is 0 Å². The van der Waals surface area contributed by atoms with Crippen molar-refractivity contribution in [3.05, 3.63) is 0 Å². The number of aliphatic hydroxyl groups is 3. The lowest BCUT2D eigenvalue weighted by molar-refractivity contribution is -0.0286. The lowest BCUT2D eigenvalue weighted by atomic mass is 10.0. The summed E-state index contributed by atoms with van der Waals surface area (Å²) in [4.78, 5) is 0. The molecule has 4 unspecified atom stereocenters. The second-order valence-corrected chi connectivity index (χ2v) is 3.71. The van der Waals surface area contributed by atoms with Crippen LogP contribution in [0.4, 0.5) is 0 Å². The highest BCUT2D eigenvalue weighted by molar-refractivity contribution is 5.98. The third kappa shape index (κ3) is 5.60. The first-order valence-electron chi connectivity index (χ1n) is 5.08. The summed E-state index contributed by atoms with van der Waals surface area (Å²) in [6.07, 6.45) is -1.14. The maximum Gasteiger partial charge on any atom is 0.257 e. The van der Waals surface area contributed by atoms with Gasteiger partial charge in [-0.3, -0.25) is 0 Å². The summed E-state index contributed by atoms with van der Waals surface area (Å²) in [6.45, 7) is 3.66. The Morgan fingerprint density at radius 3 is 2.07 bits per heavy atom. The highest BCUT2D eigenvalue weighted by Gasteiger charge is 2.20. The highest BCUT2D eigenvalue weighted by atomic mass is 16.4. The first-order chi connectivity index (χ1) is 6.51. The fourth-order valence-electron chi connectivity index (χ4n) is 1.20. The van der Waals surface area contributed by atoms with E-state index < -0.39 is 18.3 Å². The lowest BCUT2D eigenvalue weighted by Gasteiger charge is -2.22. The van der Waals surface area contributed by atoms with Crippen LogP contribution in [0.3, 0.4) is 0 Å². The third-order valence-corrected chi connectivity index (χ3v) is 2.40. The van der Waals surface area contributed by atoms with E-state index in [1.807, 2.05) is 13.8 Å². The van der Waals surface area contributed by atoms with Gasteiger partial charge in [0.2, 0.25) is 0 Å². The van der Waals surface area contributed by atoms with Crippen LogP contribution in [-0.2, 0) is 4.65 Å². The molecule has 0 aliphatic carbocycles. The smallest absolute Gasteiger partial charge is 0.257 e. The van der Waals surface area contributed by atoms with Gasteiger partial charge in [-0.15, -0.1) is 0 Å². The van der Waals surface area contributed by atoms with Gasteiger partial charge in [0, 0.05) is 18.9 Å². The predicted octanol–water partition coefficient (Wildman–Crippen LogP) is -0.788. The minimum atomic E-state index is -0.873. The maximum atomic E-state index is 9.52. The quantitative estimate of drug-likeness (QED) is 0.475. The van der Waals surface area contributed by atoms with E-state index >= 15 is 0 Å². The van der Waals surface area contributed by atoms with Gasteiger partial charge in [0.05, 0.1) is 18.3 Å². The van der Waals surface area contributed by atoms with Gasteiger partial charge in [-0.1, -0.05) is 6.92 Å². The molecule has 0 aliphatic rings. The number of rotatable bonds is 7. The van der Waals surface area contributed by atoms with Gasteiger partial charge in [-0.25, -0.2) is 0 Å². The summed E-state index contributed by atoms with van der Waals surface area (Å²) in [7, 11) is 1.56. The average molecular weight is 204 g/mol. The number of hydrogen-bond donors (Lipinski definition) is 3. The molecule has 0 spiro atoms. The lowest BCUT2D eigenvalue weighted by Crippen LogP contribution is -2.32. The molecule has 0 aromatic heterocycles. The van der Waals surface area contributed by atoms with Crippen molar-refractivity contribution in [2.24, 2.45) is 0 Å². The van der Waals surface area contributed by atoms with Crippen LogP contribution in [0.2, 0.25) is 0 Å². The Kier molecular flexibility index (Phi) is 7.18. The molecular weight excluding hydrogens is 183 g/mol. The van der Waals surface area contributed by atoms with E-state index in [4.69, 9.17) is 4.65 Å². The van der Waals surface area contributed by atoms with Crippen molar-refractivity contribution in [2.45, 2.75) is 57.5 Å². The molecule has 0 fully saturated rings. The molecule has 0 amide bonds. The van der Waals surface area contributed by atoms with Crippen LogP contribution >= 0.6 is 0 Å². The Morgan fingerprint density at radius 2 is 1.64 bits per heavy atom. The topological polar surface area (TPSA) is 69.9 Å². The van der Waals surface area contributed by atoms with Crippen LogP contribution < -0.4 is 0 Å². The van der Waals surface area contributed by atoms with E-state index in [0.29, 0.717) is 12.8 Å². The van der Waals surface area contributed by atoms with Crippen LogP contribution in [0.5, 0.6) is 0 Å². The molecule has 14 heavy (non-hydrogen) atoms. The molecule has 0 heterocycles. The number of aliphatic hydroxyl groups excluding tert-OH is 3. The Balaban J connectivity index is 3.80. The second kappa shape index (κ2) is 7.23. The summed E-state index contributed by atoms with van der Waals surface area (Å²) >= 11 is 0. The molecule has 0 radical (unpaired) electrons. The molecule has 0 aromatic carbocycles. The molecule has 0 saturated heterocycles. The van der Waals surface area contributed by atoms with Gasteiger partial charge in [0.1, 0.15) is 0 Å². The highest BCUT2D eigenvalue weighted by Crippen LogP contribution is 2.11. The SMILES string of the molecule is BOC(C)CC(O)C(O)CC(O)CC. The van der Waals surface area contributed by atoms with Crippen molar-refractivity contribution in [1.29, 1.82) is 0 Å². The monoisotopic (exact) mass is 204 g/mol. The maximum absolute atomic E-state index is 9.52. The molecule has 4 nitrogen and oxygen atoms in total. The molecule has 0 aliphatic heterocycles. The van der Waals surface area contributed by atoms with Crippen LogP contribution in [0.25, 0.3) is 0 Å². The van der Waals surface area contributed by atoms with E-state index in [-0.39, 0.29) is 12.5 Å². The van der Waals surface area contributed by atoms with E-state index in [1.54, 1.807) is 8.05 Å². The van der Waals surface area contributed by atoms with E-state index in [0.717, 1.165) is 0 Å². The van der Waals surface area contributed by atoms with Crippen molar-refractivity contribution in [3.8, 4) is 0 Å². The van der Waals surface area contributed by atoms with Gasteiger partial charge in [-0.05, 0) is 13.3 Å². The largest absolute Gasteiger partial charge is 0.441 e. The molecule has 3 N–H and O–H groups in total. The van der Waals surface area contributed by atoms with Gasteiger partial charge in [0.25, 0.3) is 8.05 Å². The van der Waals surface area contributed by atoms with Crippen LogP contribution in [0, 0.1) is 0 Å². The predicted molar refractivity (Wildman–Crippen MR) is 56.6 cm³/mol. The molecule has 0 saturated carbocycles. The zero-order valence-electron chi connectivity index (χ0n) is 9.18. The molecular formula is C9H21BO4. The molecule has 0 rings (SSSR count). The standard InChI is InChI=1S/C9H21BO4/c1-3-7(11)5-9(13)8(12)4-6(2)14-10/h6-9,11-13H,3-5,10H2,1-2H3. The summed E-state index contributed by atoms with van der Waals surface area (Å²) in [5.41, 5.74) is 0. The Morgan fingerprint density at radius 1 is 1.14 bits per heavy atom. The van der Waals surface area contributed by atoms with E-state index in [1.165, 1.54) is 0 Å². The third-order valence-electron chi connectivity index (χ3n) is 2.40. The Labute approximate surface area is 86.3 Å². The minimum absolute atomic E-state index is 0.0848. The van der Waals surface area contributed by atoms with E-state index in [2.05, 4.69) is 0 Å². The van der Waals surface area contributed by atoms with Crippen molar-refractivity contribution in [3.63, 3.8) is 0 Å². The fraction of sp³-hybridized carbons (Fsp3) is 1.00. The molecule has 0 bridgehead atoms. The van der Waals surface area contributed by atoms with E-state index in [9.17, 15) is 15.3 Å². The Hall–Kier alpha value is -0.0951. The first kappa shape index (κ1) is 13.9. The zero-order chi connectivity index (χ0) is 11.1. The van der Waals surface area contributed by atoms with Crippen LogP contribution in [-0.4, -0.2) is 47.8 Å². The normalized spacial score (nSPS) is 20.1. The second-order valence-electron chi connectivity index (χ2n) is 3.71. The summed E-state index contributed by atoms with van der Waals surface area (Å²) < 4.78 is 4.97. The van der Waals surface area contributed by atoms with Crippen molar-refractivity contribution in [1.82, 2.24) is 0 Å². The zero-order valence-corrected chi connectivity index (χ0v) is 9.18. The first-order valence-corrected chi connectivity index (χ1v) is 5.08. The van der Waals surface area contributed by atoms with Crippen molar-refractivity contribution >= 4 is 8.05 Å². The van der Waals surface area contributed by atoms with Crippen molar-refractivity contribution < 1.29 is 20.0 Å². The van der Waals surface area contributed by atoms with Crippen molar-refractivity contribution in [2.75, 3.05) is 0 Å². The molecule has 5 heteroatoms. The molecule has 0 aromatic rings. The summed E-state index contributed by atoms with van der Waals surface area (Å²) in [5, 5.41) is 28.3. The number of hydrogen-bond acceptors (Lipinski definition) is 4. The molecule has 84 valence electrons. The fourth-order valence-corrected chi connectivity index (χ4v) is 1.20. The minimum Gasteiger partial charge on any atom is -0.441 e. The van der Waals surface area contributed by atoms with Crippen LogP contribution in [0.15, 0.2) is 0 Å². The Bertz CT molecular complexity index is 129. The van der Waals surface area contributed by atoms with Crippen LogP contribution in [0.1, 0.15) is 33.1 Å². The average Bonchev–Trinajstić information content (AvgIpc) is 2.17. The summed E-state index contributed by atoms with van der Waals surface area (Å²) in [5.74, 6) is 0. The molecule has 4 atom stereocenters. The van der Waals surface area contributed by atoms with Gasteiger partial charge < -0.3 is 20.0 Å². The van der Waals surface area contributed by atoms with Gasteiger partial charge in [-0.2, -0.15) is 0 Å².